The van der Waals surface area contributed by atoms with E-state index in [2.05, 4.69) is 26.4 Å². The van der Waals surface area contributed by atoms with E-state index in [1.54, 1.807) is 0 Å². The molecule has 0 bridgehead atoms. The number of hydrogen-bond acceptors (Lipinski definition) is 0. The second kappa shape index (κ2) is 6.09. The van der Waals surface area contributed by atoms with Gasteiger partial charge in [-0.15, -0.1) is 0 Å². The number of hydrogen-bond donors (Lipinski definition) is 0. The topological polar surface area (TPSA) is 0 Å². The molecule has 0 nitrogen and oxygen atoms in total. The summed E-state index contributed by atoms with van der Waals surface area (Å²) in [4.78, 5) is 0. The van der Waals surface area contributed by atoms with Gasteiger partial charge in [-0.2, -0.15) is 0 Å². The van der Waals surface area contributed by atoms with Gasteiger partial charge >= 0.3 is 0 Å². The largest absolute Gasteiger partial charge is 0.117 e. The Morgan fingerprint density at radius 3 is 1.60 bits per heavy atom. The highest BCUT2D eigenvalue weighted by molar-refractivity contribution is 7.96. The molecule has 10 heavy (non-hydrogen) atoms. The molecule has 0 rings (SSSR count). The Labute approximate surface area is 68.7 Å². The molecular weight excluding hydrogens is 140 g/mol. The van der Waals surface area contributed by atoms with Crippen LogP contribution in [0.3, 0.4) is 0 Å². The molecule has 0 saturated heterocycles. The Bertz CT molecular complexity index is 63.1. The molecule has 62 valence electrons. The van der Waals surface area contributed by atoms with Crippen LogP contribution in [0.25, 0.3) is 0 Å². The van der Waals surface area contributed by atoms with Crippen LogP contribution in [-0.2, 0) is 10.9 Å². The molecule has 0 aromatic rings. The molecule has 0 heterocycles. The summed E-state index contributed by atoms with van der Waals surface area (Å²) in [5, 5.41) is 1.01. The minimum Gasteiger partial charge on any atom is -0.0652 e. The molecule has 0 saturated carbocycles. The summed E-state index contributed by atoms with van der Waals surface area (Å²) in [7, 11) is 0.647. The molecular formula is C9H21S+. The van der Waals surface area contributed by atoms with Crippen LogP contribution in [0, 0.1) is 0 Å². The van der Waals surface area contributed by atoms with Gasteiger partial charge in [0.15, 0.2) is 0 Å². The van der Waals surface area contributed by atoms with E-state index in [0.717, 1.165) is 5.25 Å². The van der Waals surface area contributed by atoms with Gasteiger partial charge in [-0.1, -0.05) is 26.7 Å². The third-order valence-corrected chi connectivity index (χ3v) is 3.69. The fourth-order valence-electron chi connectivity index (χ4n) is 1.26. The van der Waals surface area contributed by atoms with Crippen molar-refractivity contribution in [3.8, 4) is 0 Å². The predicted octanol–water partition coefficient (Wildman–Crippen LogP) is 2.83. The van der Waals surface area contributed by atoms with Crippen molar-refractivity contribution in [2.24, 2.45) is 0 Å². The zero-order valence-corrected chi connectivity index (χ0v) is 8.63. The maximum Gasteiger partial charge on any atom is 0.117 e. The molecule has 0 aliphatic heterocycles. The summed E-state index contributed by atoms with van der Waals surface area (Å²) >= 11 is 0. The van der Waals surface area contributed by atoms with Crippen LogP contribution in [0.1, 0.15) is 39.5 Å². The Morgan fingerprint density at radius 1 is 1.00 bits per heavy atom. The summed E-state index contributed by atoms with van der Waals surface area (Å²) in [6.07, 6.45) is 10.3. The lowest BCUT2D eigenvalue weighted by atomic mass is 10.2. The maximum absolute atomic E-state index is 2.37. The molecule has 0 aliphatic rings. The van der Waals surface area contributed by atoms with Crippen LogP contribution >= 0.6 is 0 Å². The Morgan fingerprint density at radius 2 is 1.40 bits per heavy atom. The van der Waals surface area contributed by atoms with E-state index in [1.807, 2.05) is 0 Å². The second-order valence-corrected chi connectivity index (χ2v) is 5.50. The minimum absolute atomic E-state index is 0.647. The van der Waals surface area contributed by atoms with Crippen LogP contribution in [0.15, 0.2) is 0 Å². The van der Waals surface area contributed by atoms with Gasteiger partial charge < -0.3 is 0 Å². The predicted molar refractivity (Wildman–Crippen MR) is 52.8 cm³/mol. The van der Waals surface area contributed by atoms with Gasteiger partial charge in [0.1, 0.15) is 5.25 Å². The highest BCUT2D eigenvalue weighted by Crippen LogP contribution is 2.13. The smallest absolute Gasteiger partial charge is 0.0652 e. The van der Waals surface area contributed by atoms with E-state index in [-0.39, 0.29) is 0 Å². The van der Waals surface area contributed by atoms with Crippen LogP contribution in [0.5, 0.6) is 0 Å². The zero-order chi connectivity index (χ0) is 7.98. The van der Waals surface area contributed by atoms with E-state index in [0.29, 0.717) is 10.9 Å². The average molecular weight is 161 g/mol. The molecule has 0 unspecified atom stereocenters. The lowest BCUT2D eigenvalue weighted by Gasteiger charge is -2.10. The fourth-order valence-corrected chi connectivity index (χ4v) is 2.67. The summed E-state index contributed by atoms with van der Waals surface area (Å²) < 4.78 is 0. The average Bonchev–Trinajstić information content (AvgIpc) is 1.87. The Kier molecular flexibility index (Phi) is 6.30. The molecule has 0 radical (unpaired) electrons. The maximum atomic E-state index is 2.37. The minimum atomic E-state index is 0.647. The van der Waals surface area contributed by atoms with Gasteiger partial charge in [0, 0.05) is 0 Å². The quantitative estimate of drug-likeness (QED) is 0.544. The van der Waals surface area contributed by atoms with Crippen molar-refractivity contribution >= 4 is 10.9 Å². The summed E-state index contributed by atoms with van der Waals surface area (Å²) in [5.74, 6) is 0. The first-order chi connectivity index (χ1) is 4.72. The van der Waals surface area contributed by atoms with Crippen molar-refractivity contribution in [1.29, 1.82) is 0 Å². The number of rotatable bonds is 5. The normalized spacial score (nSPS) is 11.4. The van der Waals surface area contributed by atoms with Gasteiger partial charge in [0.2, 0.25) is 0 Å². The summed E-state index contributed by atoms with van der Waals surface area (Å²) in [5.41, 5.74) is 0. The van der Waals surface area contributed by atoms with Crippen LogP contribution in [-0.4, -0.2) is 17.8 Å². The molecule has 0 aliphatic carbocycles. The van der Waals surface area contributed by atoms with Gasteiger partial charge in [0.05, 0.1) is 12.5 Å². The Hall–Kier alpha value is 0.350. The first-order valence-corrected chi connectivity index (χ1v) is 6.39. The van der Waals surface area contributed by atoms with Crippen LogP contribution in [0.2, 0.25) is 0 Å². The van der Waals surface area contributed by atoms with E-state index >= 15 is 0 Å². The van der Waals surface area contributed by atoms with Crippen molar-refractivity contribution in [2.75, 3.05) is 12.5 Å². The second-order valence-electron chi connectivity index (χ2n) is 3.08. The van der Waals surface area contributed by atoms with Gasteiger partial charge in [-0.3, -0.25) is 0 Å². The standard InChI is InChI=1S/C9H21S/c1-5-7-9(8-6-2)10(3)4/h9H,5-8H2,1-4H3/q+1. The molecule has 1 heteroatoms. The molecule has 0 N–H and O–H groups in total. The summed E-state index contributed by atoms with van der Waals surface area (Å²) in [6.45, 7) is 4.57. The molecule has 0 atom stereocenters. The molecule has 0 aromatic heterocycles. The Balaban J connectivity index is 3.50. The van der Waals surface area contributed by atoms with Crippen molar-refractivity contribution in [1.82, 2.24) is 0 Å². The van der Waals surface area contributed by atoms with Crippen molar-refractivity contribution in [3.05, 3.63) is 0 Å². The van der Waals surface area contributed by atoms with E-state index < -0.39 is 0 Å². The van der Waals surface area contributed by atoms with Crippen molar-refractivity contribution in [2.45, 2.75) is 44.8 Å². The van der Waals surface area contributed by atoms with Gasteiger partial charge in [0.25, 0.3) is 0 Å². The third kappa shape index (κ3) is 4.21. The van der Waals surface area contributed by atoms with Crippen molar-refractivity contribution in [3.63, 3.8) is 0 Å². The van der Waals surface area contributed by atoms with Gasteiger partial charge in [-0.25, -0.2) is 0 Å². The van der Waals surface area contributed by atoms with Gasteiger partial charge in [-0.05, 0) is 23.7 Å². The summed E-state index contributed by atoms with van der Waals surface area (Å²) in [6, 6.07) is 0. The third-order valence-electron chi connectivity index (χ3n) is 1.89. The SMILES string of the molecule is CCCC(CCC)[S+](C)C. The van der Waals surface area contributed by atoms with Crippen molar-refractivity contribution < 1.29 is 0 Å². The monoisotopic (exact) mass is 161 g/mol. The lowest BCUT2D eigenvalue weighted by molar-refractivity contribution is 0.669. The molecule has 0 spiro atoms. The highest BCUT2D eigenvalue weighted by Gasteiger charge is 2.18. The molecule has 0 amide bonds. The van der Waals surface area contributed by atoms with Crippen LogP contribution < -0.4 is 0 Å². The molecule has 0 aromatic carbocycles. The molecule has 0 fully saturated rings. The fraction of sp³-hybridized carbons (Fsp3) is 1.00. The first-order valence-electron chi connectivity index (χ1n) is 4.28. The van der Waals surface area contributed by atoms with Crippen LogP contribution in [0.4, 0.5) is 0 Å². The highest BCUT2D eigenvalue weighted by atomic mass is 32.2. The van der Waals surface area contributed by atoms with E-state index in [4.69, 9.17) is 0 Å². The van der Waals surface area contributed by atoms with E-state index in [1.165, 1.54) is 25.7 Å². The van der Waals surface area contributed by atoms with E-state index in [9.17, 15) is 0 Å². The zero-order valence-electron chi connectivity index (χ0n) is 7.81. The lowest BCUT2D eigenvalue weighted by Crippen LogP contribution is -2.18. The first kappa shape index (κ1) is 10.3.